The Balaban J connectivity index is 1.50. The van der Waals surface area contributed by atoms with Crippen molar-refractivity contribution in [2.24, 2.45) is 0 Å². The number of hydrogen-bond donors (Lipinski definition) is 3. The van der Waals surface area contributed by atoms with Gasteiger partial charge < -0.3 is 16.0 Å². The van der Waals surface area contributed by atoms with Crippen molar-refractivity contribution in [1.29, 1.82) is 0 Å². The SMILES string of the molecule is Cc1cccc(NC(=O)C(Sc2cccc(NC(=S)Nc3ccccc3)c2)c2ccccc2)c1. The predicted octanol–water partition coefficient (Wildman–Crippen LogP) is 7.28. The molecule has 0 radical (unpaired) electrons. The van der Waals surface area contributed by atoms with Gasteiger partial charge in [-0.05, 0) is 72.7 Å². The lowest BCUT2D eigenvalue weighted by Crippen LogP contribution is -2.19. The molecule has 1 unspecified atom stereocenters. The van der Waals surface area contributed by atoms with Crippen LogP contribution >= 0.6 is 24.0 Å². The highest BCUT2D eigenvalue weighted by molar-refractivity contribution is 8.00. The Morgan fingerprint density at radius 1 is 0.706 bits per heavy atom. The largest absolute Gasteiger partial charge is 0.332 e. The second-order valence-electron chi connectivity index (χ2n) is 7.74. The molecule has 0 aliphatic rings. The van der Waals surface area contributed by atoms with E-state index in [0.717, 1.165) is 33.1 Å². The first-order chi connectivity index (χ1) is 16.6. The van der Waals surface area contributed by atoms with Crippen molar-refractivity contribution in [3.63, 3.8) is 0 Å². The van der Waals surface area contributed by atoms with Crippen LogP contribution in [0.15, 0.2) is 114 Å². The molecule has 4 nitrogen and oxygen atoms in total. The minimum atomic E-state index is -0.411. The lowest BCUT2D eigenvalue weighted by Gasteiger charge is -2.18. The summed E-state index contributed by atoms with van der Waals surface area (Å²) in [6, 6.07) is 35.3. The molecular formula is C28H25N3OS2. The number of hydrogen-bond acceptors (Lipinski definition) is 3. The van der Waals surface area contributed by atoms with Crippen LogP contribution in [0.2, 0.25) is 0 Å². The average molecular weight is 484 g/mol. The molecule has 0 aliphatic heterocycles. The van der Waals surface area contributed by atoms with Crippen molar-refractivity contribution < 1.29 is 4.79 Å². The summed E-state index contributed by atoms with van der Waals surface area (Å²) in [5.41, 5.74) is 4.60. The Hall–Kier alpha value is -3.61. The molecule has 0 fully saturated rings. The average Bonchev–Trinajstić information content (AvgIpc) is 2.84. The van der Waals surface area contributed by atoms with Gasteiger partial charge in [-0.3, -0.25) is 4.79 Å². The summed E-state index contributed by atoms with van der Waals surface area (Å²) in [6.45, 7) is 2.01. The molecule has 1 atom stereocenters. The molecule has 0 spiro atoms. The molecule has 0 heterocycles. The van der Waals surface area contributed by atoms with E-state index >= 15 is 0 Å². The molecule has 0 bridgehead atoms. The van der Waals surface area contributed by atoms with Crippen LogP contribution in [0.4, 0.5) is 17.1 Å². The topological polar surface area (TPSA) is 53.2 Å². The van der Waals surface area contributed by atoms with Gasteiger partial charge in [-0.25, -0.2) is 0 Å². The predicted molar refractivity (Wildman–Crippen MR) is 148 cm³/mol. The van der Waals surface area contributed by atoms with Gasteiger partial charge in [0.25, 0.3) is 0 Å². The molecule has 34 heavy (non-hydrogen) atoms. The molecule has 6 heteroatoms. The fourth-order valence-corrected chi connectivity index (χ4v) is 4.75. The zero-order valence-corrected chi connectivity index (χ0v) is 20.3. The number of carbonyl (C=O) groups excluding carboxylic acids is 1. The molecule has 4 aromatic carbocycles. The third-order valence-electron chi connectivity index (χ3n) is 5.00. The van der Waals surface area contributed by atoms with Gasteiger partial charge in [0.05, 0.1) is 0 Å². The maximum Gasteiger partial charge on any atom is 0.242 e. The van der Waals surface area contributed by atoms with E-state index in [1.165, 1.54) is 11.8 Å². The molecule has 4 rings (SSSR count). The maximum atomic E-state index is 13.3. The van der Waals surface area contributed by atoms with Crippen molar-refractivity contribution in [1.82, 2.24) is 0 Å². The van der Waals surface area contributed by atoms with Crippen LogP contribution in [0.1, 0.15) is 16.4 Å². The van der Waals surface area contributed by atoms with E-state index in [0.29, 0.717) is 5.11 Å². The number of amides is 1. The van der Waals surface area contributed by atoms with Crippen molar-refractivity contribution >= 4 is 52.1 Å². The molecule has 0 aliphatic carbocycles. The summed E-state index contributed by atoms with van der Waals surface area (Å²) in [4.78, 5) is 14.3. The first-order valence-electron chi connectivity index (χ1n) is 10.9. The standard InChI is InChI=1S/C28H25N3OS2/c1-20-10-8-15-23(18-20)29-27(32)26(21-11-4-2-5-12-21)34-25-17-9-16-24(19-25)31-28(33)30-22-13-6-3-7-14-22/h2-19,26H,1H3,(H,29,32)(H2,30,31,33). The van der Waals surface area contributed by atoms with Gasteiger partial charge in [0.15, 0.2) is 5.11 Å². The van der Waals surface area contributed by atoms with E-state index < -0.39 is 5.25 Å². The normalized spacial score (nSPS) is 11.3. The van der Waals surface area contributed by atoms with E-state index in [1.807, 2.05) is 116 Å². The maximum absolute atomic E-state index is 13.3. The number of anilines is 3. The molecule has 0 saturated heterocycles. The molecule has 4 aromatic rings. The number of aryl methyl sites for hydroxylation is 1. The van der Waals surface area contributed by atoms with Crippen LogP contribution in [0.5, 0.6) is 0 Å². The van der Waals surface area contributed by atoms with E-state index in [4.69, 9.17) is 12.2 Å². The van der Waals surface area contributed by atoms with Gasteiger partial charge in [0.1, 0.15) is 5.25 Å². The number of nitrogens with one attached hydrogen (secondary N) is 3. The summed E-state index contributed by atoms with van der Waals surface area (Å²) >= 11 is 6.96. The monoisotopic (exact) mass is 483 g/mol. The Bertz CT molecular complexity index is 1260. The van der Waals surface area contributed by atoms with E-state index in [1.54, 1.807) is 0 Å². The van der Waals surface area contributed by atoms with E-state index in [-0.39, 0.29) is 5.91 Å². The van der Waals surface area contributed by atoms with E-state index in [2.05, 4.69) is 16.0 Å². The van der Waals surface area contributed by atoms with Gasteiger partial charge in [-0.1, -0.05) is 66.7 Å². The van der Waals surface area contributed by atoms with Gasteiger partial charge in [0.2, 0.25) is 5.91 Å². The number of carbonyl (C=O) groups is 1. The van der Waals surface area contributed by atoms with E-state index in [9.17, 15) is 4.79 Å². The lowest BCUT2D eigenvalue weighted by molar-refractivity contribution is -0.115. The molecule has 0 aromatic heterocycles. The van der Waals surface area contributed by atoms with Crippen LogP contribution in [-0.4, -0.2) is 11.0 Å². The quantitative estimate of drug-likeness (QED) is 0.191. The Morgan fingerprint density at radius 3 is 2.00 bits per heavy atom. The molecule has 0 saturated carbocycles. The third-order valence-corrected chi connectivity index (χ3v) is 6.46. The van der Waals surface area contributed by atoms with Crippen molar-refractivity contribution in [2.45, 2.75) is 17.1 Å². The van der Waals surface area contributed by atoms with Crippen molar-refractivity contribution in [3.05, 3.63) is 120 Å². The summed E-state index contributed by atoms with van der Waals surface area (Å²) in [5, 5.41) is 9.57. The Labute approximate surface area is 209 Å². The first kappa shape index (κ1) is 23.5. The van der Waals surface area contributed by atoms with Crippen molar-refractivity contribution in [3.8, 4) is 0 Å². The van der Waals surface area contributed by atoms with Gasteiger partial charge in [-0.2, -0.15) is 0 Å². The van der Waals surface area contributed by atoms with Crippen LogP contribution < -0.4 is 16.0 Å². The van der Waals surface area contributed by atoms with Crippen LogP contribution in [0, 0.1) is 6.92 Å². The van der Waals surface area contributed by atoms with Gasteiger partial charge in [0, 0.05) is 22.0 Å². The first-order valence-corrected chi connectivity index (χ1v) is 12.2. The third kappa shape index (κ3) is 6.70. The van der Waals surface area contributed by atoms with Crippen molar-refractivity contribution in [2.75, 3.05) is 16.0 Å². The number of thiocarbonyl (C=S) groups is 1. The van der Waals surface area contributed by atoms with Gasteiger partial charge >= 0.3 is 0 Å². The summed E-state index contributed by atoms with van der Waals surface area (Å²) in [6.07, 6.45) is 0. The van der Waals surface area contributed by atoms with Crippen LogP contribution in [0.25, 0.3) is 0 Å². The zero-order chi connectivity index (χ0) is 23.8. The number of para-hydroxylation sites is 1. The fraction of sp³-hybridized carbons (Fsp3) is 0.0714. The smallest absolute Gasteiger partial charge is 0.242 e. The van der Waals surface area contributed by atoms with Crippen LogP contribution in [-0.2, 0) is 4.79 Å². The highest BCUT2D eigenvalue weighted by atomic mass is 32.2. The second kappa shape index (κ2) is 11.5. The minimum Gasteiger partial charge on any atom is -0.332 e. The highest BCUT2D eigenvalue weighted by Gasteiger charge is 2.22. The highest BCUT2D eigenvalue weighted by Crippen LogP contribution is 2.37. The van der Waals surface area contributed by atoms with Gasteiger partial charge in [-0.15, -0.1) is 11.8 Å². The summed E-state index contributed by atoms with van der Waals surface area (Å²) < 4.78 is 0. The molecule has 1 amide bonds. The summed E-state index contributed by atoms with van der Waals surface area (Å²) in [7, 11) is 0. The van der Waals surface area contributed by atoms with Crippen LogP contribution in [0.3, 0.4) is 0 Å². The number of rotatable bonds is 7. The Morgan fingerprint density at radius 2 is 1.29 bits per heavy atom. The molecule has 170 valence electrons. The Kier molecular flexibility index (Phi) is 7.96. The molecule has 3 N–H and O–H groups in total. The fourth-order valence-electron chi connectivity index (χ4n) is 3.43. The zero-order valence-electron chi connectivity index (χ0n) is 18.7. The second-order valence-corrected chi connectivity index (χ2v) is 9.33. The minimum absolute atomic E-state index is 0.0681. The number of benzene rings is 4. The molecular weight excluding hydrogens is 458 g/mol. The number of thioether (sulfide) groups is 1. The summed E-state index contributed by atoms with van der Waals surface area (Å²) in [5.74, 6) is -0.0681. The lowest BCUT2D eigenvalue weighted by atomic mass is 10.1.